The van der Waals surface area contributed by atoms with Gasteiger partial charge in [0.05, 0.1) is 5.75 Å². The number of amides is 1. The molecule has 0 saturated heterocycles. The van der Waals surface area contributed by atoms with Crippen LogP contribution in [0.3, 0.4) is 0 Å². The van der Waals surface area contributed by atoms with E-state index in [0.717, 1.165) is 12.8 Å². The van der Waals surface area contributed by atoms with Crippen LogP contribution >= 0.6 is 11.8 Å². The van der Waals surface area contributed by atoms with Crippen LogP contribution < -0.4 is 11.1 Å². The Morgan fingerprint density at radius 2 is 2.11 bits per heavy atom. The number of sulfone groups is 1. The summed E-state index contributed by atoms with van der Waals surface area (Å²) >= 11 is 1.48. The Kier molecular flexibility index (Phi) is 5.48. The number of nitrogens with one attached hydrogen (secondary N) is 1. The van der Waals surface area contributed by atoms with E-state index < -0.39 is 15.4 Å². The van der Waals surface area contributed by atoms with Gasteiger partial charge in [0.1, 0.15) is 15.4 Å². The van der Waals surface area contributed by atoms with Gasteiger partial charge in [-0.1, -0.05) is 6.92 Å². The lowest BCUT2D eigenvalue weighted by Crippen LogP contribution is -2.59. The third kappa shape index (κ3) is 4.44. The summed E-state index contributed by atoms with van der Waals surface area (Å²) in [6.07, 6.45) is 3.26. The number of carbonyl (C=O) groups is 1. The molecule has 0 radical (unpaired) electrons. The van der Waals surface area contributed by atoms with E-state index in [1.54, 1.807) is 0 Å². The molecule has 5 nitrogen and oxygen atoms in total. The van der Waals surface area contributed by atoms with Crippen molar-refractivity contribution in [2.45, 2.75) is 25.3 Å². The molecule has 0 aromatic carbocycles. The first-order chi connectivity index (χ1) is 8.32. The van der Waals surface area contributed by atoms with Crippen LogP contribution in [0, 0.1) is 5.92 Å². The van der Waals surface area contributed by atoms with Crippen LogP contribution in [0.4, 0.5) is 0 Å². The van der Waals surface area contributed by atoms with Crippen molar-refractivity contribution in [2.75, 3.05) is 30.1 Å². The van der Waals surface area contributed by atoms with Gasteiger partial charge in [-0.05, 0) is 25.3 Å². The van der Waals surface area contributed by atoms with Crippen molar-refractivity contribution in [1.29, 1.82) is 0 Å². The van der Waals surface area contributed by atoms with E-state index in [4.69, 9.17) is 5.73 Å². The quantitative estimate of drug-likeness (QED) is 0.585. The minimum Gasteiger partial charge on any atom is -0.368 e. The van der Waals surface area contributed by atoms with Crippen molar-refractivity contribution < 1.29 is 13.2 Å². The molecule has 0 heterocycles. The molecule has 3 N–H and O–H groups in total. The highest BCUT2D eigenvalue weighted by molar-refractivity contribution is 8.00. The average molecular weight is 294 g/mol. The molecular weight excluding hydrogens is 272 g/mol. The fourth-order valence-electron chi connectivity index (χ4n) is 2.01. The lowest BCUT2D eigenvalue weighted by Gasteiger charge is -2.31. The summed E-state index contributed by atoms with van der Waals surface area (Å²) in [5.74, 6) is 1.19. The van der Waals surface area contributed by atoms with Crippen molar-refractivity contribution in [3.63, 3.8) is 0 Å². The fourth-order valence-corrected chi connectivity index (χ4v) is 4.64. The van der Waals surface area contributed by atoms with Crippen LogP contribution in [-0.2, 0) is 14.6 Å². The van der Waals surface area contributed by atoms with E-state index in [2.05, 4.69) is 5.32 Å². The van der Waals surface area contributed by atoms with Crippen LogP contribution in [0.1, 0.15) is 19.8 Å². The first kappa shape index (κ1) is 15.8. The number of carbonyl (C=O) groups excluding carboxylic acids is 1. The average Bonchev–Trinajstić information content (AvgIpc) is 3.04. The number of hydrogen-bond acceptors (Lipinski definition) is 5. The summed E-state index contributed by atoms with van der Waals surface area (Å²) in [5.41, 5.74) is 4.88. The fraction of sp³-hybridized carbons (Fsp3) is 0.909. The smallest absolute Gasteiger partial charge is 0.238 e. The third-order valence-corrected chi connectivity index (χ3v) is 5.49. The highest BCUT2D eigenvalue weighted by atomic mass is 32.2. The summed E-state index contributed by atoms with van der Waals surface area (Å²) in [5, 5.41) is 3.21. The standard InChI is InChI=1S/C11H22N2O3S2/c1-3-13-11(10(12)14,9-4-5-9)8-17-6-7-18(2,15)16/h9,13H,3-8H2,1-2H3,(H2,12,14). The lowest BCUT2D eigenvalue weighted by atomic mass is 9.94. The first-order valence-electron chi connectivity index (χ1n) is 6.12. The number of hydrogen-bond donors (Lipinski definition) is 2. The van der Waals surface area contributed by atoms with Crippen molar-refractivity contribution in [3.05, 3.63) is 0 Å². The molecule has 0 spiro atoms. The normalized spacial score (nSPS) is 19.4. The molecular formula is C11H22N2O3S2. The number of nitrogens with two attached hydrogens (primary N) is 1. The van der Waals surface area contributed by atoms with Crippen molar-refractivity contribution >= 4 is 27.5 Å². The van der Waals surface area contributed by atoms with Crippen LogP contribution in [0.2, 0.25) is 0 Å². The van der Waals surface area contributed by atoms with Gasteiger partial charge in [-0.15, -0.1) is 0 Å². The number of thioether (sulfide) groups is 1. The van der Waals surface area contributed by atoms with Crippen molar-refractivity contribution in [3.8, 4) is 0 Å². The van der Waals surface area contributed by atoms with E-state index in [1.807, 2.05) is 6.92 Å². The molecule has 7 heteroatoms. The largest absolute Gasteiger partial charge is 0.368 e. The maximum absolute atomic E-state index is 11.7. The summed E-state index contributed by atoms with van der Waals surface area (Å²) in [6, 6.07) is 0. The molecule has 1 aliphatic carbocycles. The minimum atomic E-state index is -2.94. The van der Waals surface area contributed by atoms with Crippen LogP contribution in [0.25, 0.3) is 0 Å². The second-order valence-electron chi connectivity index (χ2n) is 4.82. The molecule has 1 aliphatic rings. The highest BCUT2D eigenvalue weighted by Gasteiger charge is 2.49. The van der Waals surface area contributed by atoms with Crippen LogP contribution in [0.15, 0.2) is 0 Å². The van der Waals surface area contributed by atoms with Gasteiger partial charge in [-0.3, -0.25) is 4.79 Å². The zero-order valence-electron chi connectivity index (χ0n) is 10.9. The highest BCUT2D eigenvalue weighted by Crippen LogP contribution is 2.41. The molecule has 0 aromatic rings. The first-order valence-corrected chi connectivity index (χ1v) is 9.34. The van der Waals surface area contributed by atoms with Gasteiger partial charge in [0.15, 0.2) is 0 Å². The molecule has 1 fully saturated rings. The summed E-state index contributed by atoms with van der Waals surface area (Å²) in [4.78, 5) is 11.7. The molecule has 106 valence electrons. The number of rotatable bonds is 9. The number of likely N-dealkylation sites (N-methyl/N-ethyl adjacent to an activating group) is 1. The molecule has 0 aliphatic heterocycles. The summed E-state index contributed by atoms with van der Waals surface area (Å²) in [7, 11) is -2.94. The van der Waals surface area contributed by atoms with Crippen molar-refractivity contribution in [1.82, 2.24) is 5.32 Å². The van der Waals surface area contributed by atoms with E-state index in [-0.39, 0.29) is 11.7 Å². The Hall–Kier alpha value is -0.270. The second-order valence-corrected chi connectivity index (χ2v) is 8.19. The molecule has 18 heavy (non-hydrogen) atoms. The Bertz CT molecular complexity index is 393. The third-order valence-electron chi connectivity index (χ3n) is 3.13. The van der Waals surface area contributed by atoms with E-state index in [1.165, 1.54) is 18.0 Å². The van der Waals surface area contributed by atoms with Gasteiger partial charge in [0.25, 0.3) is 0 Å². The molecule has 1 unspecified atom stereocenters. The predicted molar refractivity (Wildman–Crippen MR) is 75.4 cm³/mol. The topological polar surface area (TPSA) is 89.3 Å². The van der Waals surface area contributed by atoms with Gasteiger partial charge >= 0.3 is 0 Å². The summed E-state index contributed by atoms with van der Waals surface area (Å²) in [6.45, 7) is 2.63. The monoisotopic (exact) mass is 294 g/mol. The van der Waals surface area contributed by atoms with Gasteiger partial charge in [0.2, 0.25) is 5.91 Å². The Morgan fingerprint density at radius 3 is 2.50 bits per heavy atom. The molecule has 1 amide bonds. The molecule has 0 bridgehead atoms. The Morgan fingerprint density at radius 1 is 1.50 bits per heavy atom. The zero-order valence-corrected chi connectivity index (χ0v) is 12.6. The van der Waals surface area contributed by atoms with E-state index >= 15 is 0 Å². The number of primary amides is 1. The lowest BCUT2D eigenvalue weighted by molar-refractivity contribution is -0.124. The maximum atomic E-state index is 11.7. The Labute approximate surface area is 113 Å². The SMILES string of the molecule is CCNC(CSCCS(C)(=O)=O)(C(N)=O)C1CC1. The molecule has 1 atom stereocenters. The van der Waals surface area contributed by atoms with Gasteiger partial charge in [0, 0.05) is 17.8 Å². The second kappa shape index (κ2) is 6.25. The van der Waals surface area contributed by atoms with Gasteiger partial charge in [-0.25, -0.2) is 8.42 Å². The Balaban J connectivity index is 2.54. The molecule has 1 rings (SSSR count). The van der Waals surface area contributed by atoms with Gasteiger partial charge < -0.3 is 11.1 Å². The van der Waals surface area contributed by atoms with E-state index in [0.29, 0.717) is 24.0 Å². The van der Waals surface area contributed by atoms with Crippen LogP contribution in [-0.4, -0.2) is 49.9 Å². The molecule has 0 aromatic heterocycles. The maximum Gasteiger partial charge on any atom is 0.238 e. The summed E-state index contributed by atoms with van der Waals surface area (Å²) < 4.78 is 22.1. The predicted octanol–water partition coefficient (Wildman–Crippen LogP) is 0.00780. The zero-order chi connectivity index (χ0) is 13.8. The van der Waals surface area contributed by atoms with Crippen LogP contribution in [0.5, 0.6) is 0 Å². The minimum absolute atomic E-state index is 0.142. The van der Waals surface area contributed by atoms with Crippen molar-refractivity contribution in [2.24, 2.45) is 11.7 Å². The molecule has 1 saturated carbocycles. The van der Waals surface area contributed by atoms with Gasteiger partial charge in [-0.2, -0.15) is 11.8 Å². The van der Waals surface area contributed by atoms with E-state index in [9.17, 15) is 13.2 Å².